The lowest BCUT2D eigenvalue weighted by Crippen LogP contribution is -2.15. The fraction of sp³-hybridized carbons (Fsp3) is 0.133. The van der Waals surface area contributed by atoms with Gasteiger partial charge in [-0.25, -0.2) is 13.9 Å². The Morgan fingerprint density at radius 2 is 2.00 bits per heavy atom. The highest BCUT2D eigenvalue weighted by atomic mass is 19.1. The van der Waals surface area contributed by atoms with Crippen molar-refractivity contribution in [3.8, 4) is 11.4 Å². The number of amidine groups is 1. The van der Waals surface area contributed by atoms with Gasteiger partial charge in [-0.15, -0.1) is 5.10 Å². The molecule has 0 saturated carbocycles. The normalized spacial score (nSPS) is 11.0. The van der Waals surface area contributed by atoms with Gasteiger partial charge in [-0.3, -0.25) is 5.41 Å². The van der Waals surface area contributed by atoms with Crippen LogP contribution in [0, 0.1) is 25.1 Å². The zero-order valence-electron chi connectivity index (χ0n) is 11.7. The highest BCUT2D eigenvalue weighted by Gasteiger charge is 2.17. The van der Waals surface area contributed by atoms with Gasteiger partial charge in [0.15, 0.2) is 11.5 Å². The van der Waals surface area contributed by atoms with E-state index in [-0.39, 0.29) is 17.5 Å². The molecule has 0 fully saturated rings. The molecular formula is C15H14FN5. The molecular weight excluding hydrogens is 269 g/mol. The van der Waals surface area contributed by atoms with E-state index in [1.165, 1.54) is 6.07 Å². The van der Waals surface area contributed by atoms with Gasteiger partial charge < -0.3 is 5.73 Å². The number of aromatic nitrogens is 3. The summed E-state index contributed by atoms with van der Waals surface area (Å²) in [7, 11) is 0. The van der Waals surface area contributed by atoms with Gasteiger partial charge in [0.1, 0.15) is 11.7 Å². The first-order valence-electron chi connectivity index (χ1n) is 6.45. The molecule has 1 aromatic carbocycles. The highest BCUT2D eigenvalue weighted by Crippen LogP contribution is 2.23. The van der Waals surface area contributed by atoms with Gasteiger partial charge >= 0.3 is 0 Å². The van der Waals surface area contributed by atoms with Gasteiger partial charge in [0.25, 0.3) is 0 Å². The van der Waals surface area contributed by atoms with Crippen molar-refractivity contribution in [2.24, 2.45) is 5.73 Å². The van der Waals surface area contributed by atoms with Crippen molar-refractivity contribution in [1.29, 1.82) is 5.41 Å². The fourth-order valence-corrected chi connectivity index (χ4v) is 2.43. The summed E-state index contributed by atoms with van der Waals surface area (Å²) in [6, 6.07) is 8.22. The summed E-state index contributed by atoms with van der Waals surface area (Å²) in [5.74, 6) is -0.179. The van der Waals surface area contributed by atoms with Crippen LogP contribution in [0.4, 0.5) is 4.39 Å². The molecule has 3 aromatic rings. The van der Waals surface area contributed by atoms with E-state index in [0.29, 0.717) is 16.8 Å². The van der Waals surface area contributed by atoms with Crippen LogP contribution in [0.1, 0.15) is 16.8 Å². The Hall–Kier alpha value is -2.76. The molecule has 0 saturated heterocycles. The first-order chi connectivity index (χ1) is 9.99. The van der Waals surface area contributed by atoms with Crippen LogP contribution in [0.25, 0.3) is 17.0 Å². The summed E-state index contributed by atoms with van der Waals surface area (Å²) in [6.07, 6.45) is 0. The lowest BCUT2D eigenvalue weighted by Gasteiger charge is -2.07. The van der Waals surface area contributed by atoms with E-state index in [1.807, 2.05) is 19.9 Å². The van der Waals surface area contributed by atoms with Crippen LogP contribution < -0.4 is 5.73 Å². The first kappa shape index (κ1) is 13.2. The third-order valence-electron chi connectivity index (χ3n) is 3.37. The molecule has 0 spiro atoms. The SMILES string of the molecule is Cc1cc(C)n2nc(-c3ccccc3F)nc2c1C(=N)N. The van der Waals surface area contributed by atoms with E-state index < -0.39 is 0 Å². The van der Waals surface area contributed by atoms with Gasteiger partial charge in [0.05, 0.1) is 11.1 Å². The molecule has 3 N–H and O–H groups in total. The average molecular weight is 283 g/mol. The summed E-state index contributed by atoms with van der Waals surface area (Å²) < 4.78 is 15.5. The molecule has 0 atom stereocenters. The standard InChI is InChI=1S/C15H14FN5/c1-8-7-9(2)21-15(12(8)13(17)18)19-14(20-21)10-5-3-4-6-11(10)16/h3-7H,1-2H3,(H3,17,18). The van der Waals surface area contributed by atoms with E-state index in [1.54, 1.807) is 22.7 Å². The molecule has 0 aliphatic carbocycles. The minimum absolute atomic E-state index is 0.0787. The molecule has 2 aromatic heterocycles. The molecule has 21 heavy (non-hydrogen) atoms. The minimum Gasteiger partial charge on any atom is -0.384 e. The molecule has 5 nitrogen and oxygen atoms in total. The van der Waals surface area contributed by atoms with E-state index >= 15 is 0 Å². The van der Waals surface area contributed by atoms with Crippen LogP contribution in [-0.4, -0.2) is 20.4 Å². The van der Waals surface area contributed by atoms with Gasteiger partial charge in [0.2, 0.25) is 0 Å². The Bertz CT molecular complexity index is 866. The Labute approximate surface area is 120 Å². The number of nitrogens with two attached hydrogens (primary N) is 1. The summed E-state index contributed by atoms with van der Waals surface area (Å²) in [5.41, 5.74) is 8.65. The zero-order chi connectivity index (χ0) is 15.1. The molecule has 0 unspecified atom stereocenters. The van der Waals surface area contributed by atoms with Gasteiger partial charge in [0, 0.05) is 5.69 Å². The van der Waals surface area contributed by atoms with Crippen LogP contribution in [-0.2, 0) is 0 Å². The first-order valence-corrected chi connectivity index (χ1v) is 6.45. The molecule has 106 valence electrons. The van der Waals surface area contributed by atoms with Gasteiger partial charge in [-0.1, -0.05) is 12.1 Å². The summed E-state index contributed by atoms with van der Waals surface area (Å²) in [5, 5.41) is 12.0. The van der Waals surface area contributed by atoms with Crippen LogP contribution in [0.5, 0.6) is 0 Å². The van der Waals surface area contributed by atoms with E-state index in [9.17, 15) is 4.39 Å². The molecule has 2 heterocycles. The molecule has 0 amide bonds. The molecule has 0 aliphatic rings. The van der Waals surface area contributed by atoms with Crippen molar-refractivity contribution in [2.75, 3.05) is 0 Å². The summed E-state index contributed by atoms with van der Waals surface area (Å²) in [6.45, 7) is 3.74. The topological polar surface area (TPSA) is 80.1 Å². The second kappa shape index (κ2) is 4.66. The van der Waals surface area contributed by atoms with Crippen LogP contribution in [0.2, 0.25) is 0 Å². The molecule has 0 aliphatic heterocycles. The van der Waals surface area contributed by atoms with Gasteiger partial charge in [-0.2, -0.15) is 0 Å². The summed E-state index contributed by atoms with van der Waals surface area (Å²) >= 11 is 0. The third kappa shape index (κ3) is 2.05. The predicted octanol–water partition coefficient (Wildman–Crippen LogP) is 2.44. The number of nitrogen functional groups attached to an aromatic ring is 1. The number of aryl methyl sites for hydroxylation is 2. The smallest absolute Gasteiger partial charge is 0.185 e. The van der Waals surface area contributed by atoms with E-state index in [2.05, 4.69) is 10.1 Å². The van der Waals surface area contributed by atoms with Gasteiger partial charge in [-0.05, 0) is 37.6 Å². The van der Waals surface area contributed by atoms with Crippen LogP contribution >= 0.6 is 0 Å². The van der Waals surface area contributed by atoms with Crippen molar-refractivity contribution in [3.05, 3.63) is 53.0 Å². The number of nitrogens with one attached hydrogen (secondary N) is 1. The highest BCUT2D eigenvalue weighted by molar-refractivity contribution is 6.02. The maximum absolute atomic E-state index is 13.9. The number of hydrogen-bond acceptors (Lipinski definition) is 3. The lowest BCUT2D eigenvalue weighted by molar-refractivity contribution is 0.630. The second-order valence-corrected chi connectivity index (χ2v) is 4.91. The maximum atomic E-state index is 13.9. The monoisotopic (exact) mass is 283 g/mol. The van der Waals surface area contributed by atoms with Crippen molar-refractivity contribution < 1.29 is 4.39 Å². The third-order valence-corrected chi connectivity index (χ3v) is 3.37. The number of rotatable bonds is 2. The van der Waals surface area contributed by atoms with Crippen molar-refractivity contribution in [2.45, 2.75) is 13.8 Å². The Morgan fingerprint density at radius 1 is 1.29 bits per heavy atom. The number of pyridine rings is 1. The van der Waals surface area contributed by atoms with E-state index in [0.717, 1.165) is 11.3 Å². The second-order valence-electron chi connectivity index (χ2n) is 4.91. The Morgan fingerprint density at radius 3 is 2.67 bits per heavy atom. The largest absolute Gasteiger partial charge is 0.384 e. The quantitative estimate of drug-likeness (QED) is 0.560. The van der Waals surface area contributed by atoms with Crippen molar-refractivity contribution in [1.82, 2.24) is 14.6 Å². The number of nitrogens with zero attached hydrogens (tertiary/aromatic N) is 3. The molecule has 3 rings (SSSR count). The zero-order valence-corrected chi connectivity index (χ0v) is 11.7. The molecule has 0 radical (unpaired) electrons. The number of hydrogen-bond donors (Lipinski definition) is 2. The lowest BCUT2D eigenvalue weighted by atomic mass is 10.1. The number of benzene rings is 1. The minimum atomic E-state index is -0.382. The number of fused-ring (bicyclic) bond motifs is 1. The number of halogens is 1. The van der Waals surface area contributed by atoms with Crippen molar-refractivity contribution >= 4 is 11.5 Å². The average Bonchev–Trinajstić information content (AvgIpc) is 2.83. The molecule has 6 heteroatoms. The van der Waals surface area contributed by atoms with Crippen molar-refractivity contribution in [3.63, 3.8) is 0 Å². The maximum Gasteiger partial charge on any atom is 0.185 e. The Balaban J connectivity index is 2.35. The van der Waals surface area contributed by atoms with E-state index in [4.69, 9.17) is 11.1 Å². The predicted molar refractivity (Wildman–Crippen MR) is 78.9 cm³/mol. The Kier molecular flexibility index (Phi) is 2.94. The van der Waals surface area contributed by atoms with Crippen LogP contribution in [0.15, 0.2) is 30.3 Å². The van der Waals surface area contributed by atoms with Crippen LogP contribution in [0.3, 0.4) is 0 Å². The summed E-state index contributed by atoms with van der Waals surface area (Å²) in [4.78, 5) is 4.38. The fourth-order valence-electron chi connectivity index (χ4n) is 2.43. The molecule has 0 bridgehead atoms.